The van der Waals surface area contributed by atoms with Gasteiger partial charge in [0.2, 0.25) is 5.95 Å². The molecule has 1 rings (SSSR count). The van der Waals surface area contributed by atoms with E-state index in [0.29, 0.717) is 15.7 Å². The van der Waals surface area contributed by atoms with Gasteiger partial charge in [-0.15, -0.1) is 0 Å². The van der Waals surface area contributed by atoms with Gasteiger partial charge >= 0.3 is 0 Å². The number of hydrogen-bond acceptors (Lipinski definition) is 4. The molecule has 0 bridgehead atoms. The molecule has 0 amide bonds. The van der Waals surface area contributed by atoms with Crippen molar-refractivity contribution in [2.24, 2.45) is 0 Å². The minimum Gasteiger partial charge on any atom is -0.368 e. The van der Waals surface area contributed by atoms with Gasteiger partial charge in [0, 0.05) is 4.43 Å². The Morgan fingerprint density at radius 3 is 3.00 bits per heavy atom. The summed E-state index contributed by atoms with van der Waals surface area (Å²) in [6.07, 6.45) is 1.44. The zero-order valence-corrected chi connectivity index (χ0v) is 7.74. The summed E-state index contributed by atoms with van der Waals surface area (Å²) in [7, 11) is 0. The van der Waals surface area contributed by atoms with Crippen LogP contribution < -0.4 is 5.73 Å². The average Bonchev–Trinajstić information content (AvgIpc) is 2.04. The van der Waals surface area contributed by atoms with Crippen LogP contribution in [0.25, 0.3) is 0 Å². The van der Waals surface area contributed by atoms with Gasteiger partial charge in [-0.25, -0.2) is 9.97 Å². The minimum absolute atomic E-state index is 0.218. The fraction of sp³-hybridized carbons (Fsp3) is 0.167. The second-order valence-corrected chi connectivity index (χ2v) is 2.60. The summed E-state index contributed by atoms with van der Waals surface area (Å²) in [4.78, 5) is 7.60. The van der Waals surface area contributed by atoms with Crippen molar-refractivity contribution in [2.45, 2.75) is 4.43 Å². The summed E-state index contributed by atoms with van der Waals surface area (Å²) in [5, 5.41) is 8.57. The van der Waals surface area contributed by atoms with Crippen LogP contribution >= 0.6 is 22.6 Å². The Bertz CT molecular complexity index is 304. The largest absolute Gasteiger partial charge is 0.368 e. The van der Waals surface area contributed by atoms with Crippen LogP contribution in [0.3, 0.4) is 0 Å². The third kappa shape index (κ3) is 1.77. The molecule has 56 valence electrons. The van der Waals surface area contributed by atoms with Gasteiger partial charge in [0.25, 0.3) is 0 Å². The highest BCUT2D eigenvalue weighted by Crippen LogP contribution is 2.08. The van der Waals surface area contributed by atoms with E-state index in [1.54, 1.807) is 0 Å². The smallest absolute Gasteiger partial charge is 0.220 e. The van der Waals surface area contributed by atoms with Crippen molar-refractivity contribution >= 4 is 28.5 Å². The van der Waals surface area contributed by atoms with Gasteiger partial charge in [0.1, 0.15) is 6.07 Å². The molecule has 1 heterocycles. The predicted molar refractivity (Wildman–Crippen MR) is 48.9 cm³/mol. The second-order valence-electron chi connectivity index (χ2n) is 1.83. The zero-order valence-electron chi connectivity index (χ0n) is 5.58. The maximum absolute atomic E-state index is 8.57. The maximum Gasteiger partial charge on any atom is 0.220 e. The molecule has 1 aromatic rings. The third-order valence-electron chi connectivity index (χ3n) is 1.13. The summed E-state index contributed by atoms with van der Waals surface area (Å²) in [6.45, 7) is 0. The van der Waals surface area contributed by atoms with Crippen molar-refractivity contribution in [1.82, 2.24) is 9.97 Å². The van der Waals surface area contributed by atoms with Crippen molar-refractivity contribution in [1.29, 1.82) is 5.26 Å². The maximum atomic E-state index is 8.57. The quantitative estimate of drug-likeness (QED) is 0.600. The van der Waals surface area contributed by atoms with Gasteiger partial charge in [-0.1, -0.05) is 22.6 Å². The fourth-order valence-corrected chi connectivity index (χ4v) is 1.21. The molecule has 0 saturated heterocycles. The molecule has 0 atom stereocenters. The van der Waals surface area contributed by atoms with Crippen LogP contribution in [0.4, 0.5) is 5.95 Å². The molecule has 0 aliphatic rings. The van der Waals surface area contributed by atoms with Gasteiger partial charge in [-0.2, -0.15) is 5.26 Å². The lowest BCUT2D eigenvalue weighted by Crippen LogP contribution is -1.99. The van der Waals surface area contributed by atoms with Crippen molar-refractivity contribution in [3.63, 3.8) is 0 Å². The molecular formula is C6H5IN4. The summed E-state index contributed by atoms with van der Waals surface area (Å²) in [5.74, 6) is 0.218. The van der Waals surface area contributed by atoms with Gasteiger partial charge in [-0.05, 0) is 0 Å². The summed E-state index contributed by atoms with van der Waals surface area (Å²) >= 11 is 2.12. The molecule has 0 radical (unpaired) electrons. The topological polar surface area (TPSA) is 75.6 Å². The van der Waals surface area contributed by atoms with Gasteiger partial charge in [-0.3, -0.25) is 0 Å². The van der Waals surface area contributed by atoms with Crippen molar-refractivity contribution < 1.29 is 0 Å². The summed E-state index contributed by atoms with van der Waals surface area (Å²) in [6, 6.07) is 1.99. The molecule has 0 fully saturated rings. The Hall–Kier alpha value is -0.900. The van der Waals surface area contributed by atoms with Crippen LogP contribution in [0, 0.1) is 11.3 Å². The monoisotopic (exact) mass is 260 g/mol. The van der Waals surface area contributed by atoms with Crippen LogP contribution in [0.2, 0.25) is 0 Å². The van der Waals surface area contributed by atoms with Crippen molar-refractivity contribution in [2.75, 3.05) is 5.73 Å². The van der Waals surface area contributed by atoms with E-state index in [2.05, 4.69) is 32.6 Å². The number of nitriles is 1. The highest BCUT2D eigenvalue weighted by Gasteiger charge is 2.02. The second kappa shape index (κ2) is 3.48. The number of alkyl halides is 1. The van der Waals surface area contributed by atoms with E-state index >= 15 is 0 Å². The first kappa shape index (κ1) is 8.20. The molecule has 2 N–H and O–H groups in total. The highest BCUT2D eigenvalue weighted by atomic mass is 127. The standard InChI is InChI=1S/C6H5IN4/c7-1-5-4(2-8)3-10-6(9)11-5/h3H,1H2,(H2,9,10,11). The number of nitrogens with two attached hydrogens (primary N) is 1. The van der Waals surface area contributed by atoms with Crippen LogP contribution in [0.15, 0.2) is 6.20 Å². The molecule has 4 nitrogen and oxygen atoms in total. The Kier molecular flexibility index (Phi) is 2.59. The molecular weight excluding hydrogens is 255 g/mol. The van der Waals surface area contributed by atoms with Crippen molar-refractivity contribution in [3.8, 4) is 6.07 Å². The Balaban J connectivity index is 3.19. The van der Waals surface area contributed by atoms with Crippen LogP contribution in [0.5, 0.6) is 0 Å². The molecule has 11 heavy (non-hydrogen) atoms. The number of nitrogens with zero attached hydrogens (tertiary/aromatic N) is 3. The third-order valence-corrected chi connectivity index (χ3v) is 1.86. The Labute approximate surface area is 77.6 Å². The number of rotatable bonds is 1. The predicted octanol–water partition coefficient (Wildman–Crippen LogP) is 0.865. The average molecular weight is 260 g/mol. The number of anilines is 1. The highest BCUT2D eigenvalue weighted by molar-refractivity contribution is 14.1. The first-order chi connectivity index (χ1) is 5.27. The van der Waals surface area contributed by atoms with Crippen molar-refractivity contribution in [3.05, 3.63) is 17.5 Å². The number of nitrogen functional groups attached to an aromatic ring is 1. The molecule has 0 saturated carbocycles. The van der Waals surface area contributed by atoms with E-state index in [-0.39, 0.29) is 5.95 Å². The fourth-order valence-electron chi connectivity index (χ4n) is 0.628. The molecule has 0 aromatic carbocycles. The SMILES string of the molecule is N#Cc1cnc(N)nc1CI. The number of halogens is 1. The van der Waals surface area contributed by atoms with Crippen LogP contribution in [0.1, 0.15) is 11.3 Å². The van der Waals surface area contributed by atoms with Gasteiger partial charge in [0.15, 0.2) is 0 Å². The van der Waals surface area contributed by atoms with E-state index in [9.17, 15) is 0 Å². The lowest BCUT2D eigenvalue weighted by molar-refractivity contribution is 1.10. The summed E-state index contributed by atoms with van der Waals surface area (Å²) in [5.41, 5.74) is 6.51. The molecule has 0 aliphatic heterocycles. The van der Waals surface area contributed by atoms with E-state index in [1.807, 2.05) is 6.07 Å². The minimum atomic E-state index is 0.218. The zero-order chi connectivity index (χ0) is 8.27. The first-order valence-electron chi connectivity index (χ1n) is 2.85. The lowest BCUT2D eigenvalue weighted by Gasteiger charge is -1.97. The molecule has 0 aliphatic carbocycles. The van der Waals surface area contributed by atoms with Crippen LogP contribution in [-0.4, -0.2) is 9.97 Å². The molecule has 0 unspecified atom stereocenters. The van der Waals surface area contributed by atoms with Gasteiger partial charge in [0.05, 0.1) is 17.5 Å². The van der Waals surface area contributed by atoms with Crippen LogP contribution in [-0.2, 0) is 4.43 Å². The van der Waals surface area contributed by atoms with Gasteiger partial charge < -0.3 is 5.73 Å². The van der Waals surface area contributed by atoms with E-state index < -0.39 is 0 Å². The first-order valence-corrected chi connectivity index (χ1v) is 4.38. The Morgan fingerprint density at radius 2 is 2.45 bits per heavy atom. The van der Waals surface area contributed by atoms with E-state index in [4.69, 9.17) is 11.0 Å². The normalized spacial score (nSPS) is 9.09. The number of aromatic nitrogens is 2. The number of hydrogen-bond donors (Lipinski definition) is 1. The molecule has 0 spiro atoms. The van der Waals surface area contributed by atoms with E-state index in [1.165, 1.54) is 6.20 Å². The molecule has 1 aromatic heterocycles. The lowest BCUT2D eigenvalue weighted by atomic mass is 10.3. The molecule has 5 heteroatoms. The Morgan fingerprint density at radius 1 is 1.73 bits per heavy atom. The summed E-state index contributed by atoms with van der Waals surface area (Å²) < 4.78 is 0.674. The van der Waals surface area contributed by atoms with E-state index in [0.717, 1.165) is 0 Å².